The van der Waals surface area contributed by atoms with Crippen LogP contribution in [0.25, 0.3) is 0 Å². The molecule has 1 amide bonds. The maximum absolute atomic E-state index is 13.5. The molecular weight excluding hydrogens is 386 g/mol. The lowest BCUT2D eigenvalue weighted by Gasteiger charge is -2.40. The number of benzene rings is 2. The van der Waals surface area contributed by atoms with Crippen LogP contribution in [0.5, 0.6) is 0 Å². The van der Waals surface area contributed by atoms with Crippen LogP contribution >= 0.6 is 0 Å². The molecule has 2 saturated heterocycles. The Hall–Kier alpha value is -2.22. The normalized spacial score (nSPS) is 23.7. The number of nitrogens with one attached hydrogen (secondary N) is 1. The summed E-state index contributed by atoms with van der Waals surface area (Å²) in [5, 5.41) is 3.26. The second-order valence-corrected chi connectivity index (χ2v) is 9.55. The zero-order valence-electron chi connectivity index (χ0n) is 16.4. The molecule has 0 radical (unpaired) electrons. The number of carbonyl (C=O) groups is 1. The molecule has 4 rings (SSSR count). The van der Waals surface area contributed by atoms with Gasteiger partial charge in [-0.25, -0.2) is 8.42 Å². The van der Waals surface area contributed by atoms with Crippen molar-refractivity contribution in [1.82, 2.24) is 14.5 Å². The van der Waals surface area contributed by atoms with Crippen LogP contribution in [0.15, 0.2) is 65.6 Å². The minimum atomic E-state index is -3.71. The van der Waals surface area contributed by atoms with Gasteiger partial charge in [-0.2, -0.15) is 4.31 Å². The van der Waals surface area contributed by atoms with Crippen molar-refractivity contribution in [2.45, 2.75) is 23.8 Å². The first-order valence-corrected chi connectivity index (χ1v) is 11.6. The topological polar surface area (TPSA) is 69.7 Å². The quantitative estimate of drug-likeness (QED) is 0.835. The van der Waals surface area contributed by atoms with Gasteiger partial charge in [0.25, 0.3) is 0 Å². The largest absolute Gasteiger partial charge is 0.340 e. The Morgan fingerprint density at radius 1 is 0.897 bits per heavy atom. The smallest absolute Gasteiger partial charge is 0.243 e. The maximum Gasteiger partial charge on any atom is 0.243 e. The highest BCUT2D eigenvalue weighted by atomic mass is 32.2. The zero-order chi connectivity index (χ0) is 20.3. The Morgan fingerprint density at radius 2 is 1.52 bits per heavy atom. The summed E-state index contributed by atoms with van der Waals surface area (Å²) in [5.74, 6) is -0.224. The summed E-state index contributed by atoms with van der Waals surface area (Å²) in [5.41, 5.74) is 0.972. The van der Waals surface area contributed by atoms with Crippen LogP contribution in [-0.4, -0.2) is 56.3 Å². The van der Waals surface area contributed by atoms with E-state index in [1.165, 1.54) is 0 Å². The van der Waals surface area contributed by atoms with Gasteiger partial charge in [0.05, 0.1) is 16.9 Å². The van der Waals surface area contributed by atoms with Crippen molar-refractivity contribution in [2.75, 3.05) is 32.7 Å². The molecule has 2 heterocycles. The Kier molecular flexibility index (Phi) is 5.99. The summed E-state index contributed by atoms with van der Waals surface area (Å²) in [6.07, 6.45) is 1.34. The summed E-state index contributed by atoms with van der Waals surface area (Å²) >= 11 is 0. The van der Waals surface area contributed by atoms with E-state index in [4.69, 9.17) is 0 Å². The molecule has 0 aromatic heterocycles. The van der Waals surface area contributed by atoms with Crippen LogP contribution in [0.2, 0.25) is 0 Å². The third-order valence-electron chi connectivity index (χ3n) is 5.85. The summed E-state index contributed by atoms with van der Waals surface area (Å²) in [4.78, 5) is 15.2. The van der Waals surface area contributed by atoms with Crippen molar-refractivity contribution < 1.29 is 13.2 Å². The zero-order valence-corrected chi connectivity index (χ0v) is 17.2. The number of sulfonamides is 1. The number of hydrogen-bond donors (Lipinski definition) is 1. The summed E-state index contributed by atoms with van der Waals surface area (Å²) < 4.78 is 28.6. The van der Waals surface area contributed by atoms with E-state index in [1.54, 1.807) is 34.6 Å². The molecule has 0 unspecified atom stereocenters. The van der Waals surface area contributed by atoms with Crippen LogP contribution in [0.3, 0.4) is 0 Å². The molecule has 2 aliphatic rings. The number of amides is 1. The van der Waals surface area contributed by atoms with Gasteiger partial charge in [0.2, 0.25) is 15.9 Å². The van der Waals surface area contributed by atoms with Gasteiger partial charge in [0, 0.05) is 32.7 Å². The standard InChI is InChI=1S/C22H27N3O3S/c26-22(24-15-13-23-14-16-24)19-11-12-21(18-7-3-1-4-8-18)25(17-19)29(27,28)20-9-5-2-6-10-20/h1-10,19,21,23H,11-17H2/t19-,21-/m1/s1. The van der Waals surface area contributed by atoms with Crippen molar-refractivity contribution in [3.05, 3.63) is 66.2 Å². The molecule has 29 heavy (non-hydrogen) atoms. The van der Waals surface area contributed by atoms with E-state index in [0.717, 1.165) is 18.7 Å². The molecule has 2 aliphatic heterocycles. The van der Waals surface area contributed by atoms with E-state index in [1.807, 2.05) is 35.2 Å². The highest BCUT2D eigenvalue weighted by Crippen LogP contribution is 2.38. The van der Waals surface area contributed by atoms with E-state index in [-0.39, 0.29) is 29.3 Å². The fourth-order valence-corrected chi connectivity index (χ4v) is 6.00. The van der Waals surface area contributed by atoms with Gasteiger partial charge in [-0.15, -0.1) is 0 Å². The maximum atomic E-state index is 13.5. The van der Waals surface area contributed by atoms with E-state index in [9.17, 15) is 13.2 Å². The number of piperidine rings is 1. The molecule has 2 aromatic carbocycles. The number of rotatable bonds is 4. The average Bonchev–Trinajstić information content (AvgIpc) is 2.80. The lowest BCUT2D eigenvalue weighted by Crippen LogP contribution is -2.52. The number of nitrogens with zero attached hydrogens (tertiary/aromatic N) is 2. The Morgan fingerprint density at radius 3 is 2.17 bits per heavy atom. The molecule has 6 nitrogen and oxygen atoms in total. The second-order valence-electron chi connectivity index (χ2n) is 7.66. The average molecular weight is 414 g/mol. The molecule has 7 heteroatoms. The van der Waals surface area contributed by atoms with Gasteiger partial charge in [0.15, 0.2) is 0 Å². The van der Waals surface area contributed by atoms with Crippen LogP contribution in [0.4, 0.5) is 0 Å². The van der Waals surface area contributed by atoms with Crippen LogP contribution < -0.4 is 5.32 Å². The minimum absolute atomic E-state index is 0.0753. The van der Waals surface area contributed by atoms with Crippen molar-refractivity contribution in [2.24, 2.45) is 5.92 Å². The number of carbonyl (C=O) groups excluding carboxylic acids is 1. The molecule has 0 spiro atoms. The molecule has 154 valence electrons. The second kappa shape index (κ2) is 8.65. The van der Waals surface area contributed by atoms with Crippen molar-refractivity contribution in [3.8, 4) is 0 Å². The first-order chi connectivity index (χ1) is 14.1. The molecule has 2 fully saturated rings. The number of hydrogen-bond acceptors (Lipinski definition) is 4. The lowest BCUT2D eigenvalue weighted by molar-refractivity contribution is -0.137. The molecule has 2 atom stereocenters. The predicted molar refractivity (Wildman–Crippen MR) is 112 cm³/mol. The third kappa shape index (κ3) is 4.22. The summed E-state index contributed by atoms with van der Waals surface area (Å²) in [7, 11) is -3.71. The highest BCUT2D eigenvalue weighted by Gasteiger charge is 2.41. The van der Waals surface area contributed by atoms with E-state index >= 15 is 0 Å². The van der Waals surface area contributed by atoms with Gasteiger partial charge in [-0.1, -0.05) is 48.5 Å². The van der Waals surface area contributed by atoms with Gasteiger partial charge in [-0.05, 0) is 30.5 Å². The lowest BCUT2D eigenvalue weighted by atomic mass is 9.90. The Balaban J connectivity index is 1.64. The third-order valence-corrected chi connectivity index (χ3v) is 7.74. The Bertz CT molecular complexity index is 928. The first kappa shape index (κ1) is 20.1. The molecule has 1 N–H and O–H groups in total. The van der Waals surface area contributed by atoms with E-state index < -0.39 is 10.0 Å². The molecular formula is C22H27N3O3S. The molecule has 0 bridgehead atoms. The van der Waals surface area contributed by atoms with Crippen LogP contribution in [0, 0.1) is 5.92 Å². The van der Waals surface area contributed by atoms with Crippen LogP contribution in [-0.2, 0) is 14.8 Å². The van der Waals surface area contributed by atoms with Gasteiger partial charge < -0.3 is 10.2 Å². The summed E-state index contributed by atoms with van der Waals surface area (Å²) in [6.45, 7) is 3.17. The predicted octanol–water partition coefficient (Wildman–Crippen LogP) is 2.26. The fourth-order valence-electron chi connectivity index (χ4n) is 4.29. The number of piperazine rings is 1. The van der Waals surface area contributed by atoms with Crippen molar-refractivity contribution in [1.29, 1.82) is 0 Å². The van der Waals surface area contributed by atoms with E-state index in [0.29, 0.717) is 25.9 Å². The van der Waals surface area contributed by atoms with Gasteiger partial charge in [-0.3, -0.25) is 4.79 Å². The fraction of sp³-hybridized carbons (Fsp3) is 0.409. The Labute approximate surface area is 172 Å². The first-order valence-electron chi connectivity index (χ1n) is 10.2. The highest BCUT2D eigenvalue weighted by molar-refractivity contribution is 7.89. The van der Waals surface area contributed by atoms with E-state index in [2.05, 4.69) is 5.32 Å². The summed E-state index contributed by atoms with van der Waals surface area (Å²) in [6, 6.07) is 18.0. The monoisotopic (exact) mass is 413 g/mol. The van der Waals surface area contributed by atoms with Crippen LogP contribution in [0.1, 0.15) is 24.4 Å². The molecule has 2 aromatic rings. The SMILES string of the molecule is O=C([C@@H]1CC[C@H](c2ccccc2)N(S(=O)(=O)c2ccccc2)C1)N1CCNCC1. The van der Waals surface area contributed by atoms with Gasteiger partial charge >= 0.3 is 0 Å². The van der Waals surface area contributed by atoms with Crippen molar-refractivity contribution >= 4 is 15.9 Å². The minimum Gasteiger partial charge on any atom is -0.340 e. The van der Waals surface area contributed by atoms with Gasteiger partial charge in [0.1, 0.15) is 0 Å². The van der Waals surface area contributed by atoms with Crippen molar-refractivity contribution in [3.63, 3.8) is 0 Å². The molecule has 0 saturated carbocycles. The molecule has 0 aliphatic carbocycles.